The van der Waals surface area contributed by atoms with Gasteiger partial charge in [0.15, 0.2) is 0 Å². The Hall–Kier alpha value is -2.97. The van der Waals surface area contributed by atoms with E-state index in [0.29, 0.717) is 32.6 Å². The predicted octanol–water partition coefficient (Wildman–Crippen LogP) is 4.27. The number of carbonyl (C=O) groups is 3. The lowest BCUT2D eigenvalue weighted by atomic mass is 10.1. The molecule has 2 aliphatic rings. The molecule has 1 N–H and O–H groups in total. The Kier molecular flexibility index (Phi) is 6.17. The molecular weight excluding hydrogens is 442 g/mol. The highest BCUT2D eigenvalue weighted by atomic mass is 32.2. The lowest BCUT2D eigenvalue weighted by Gasteiger charge is -2.17. The van der Waals surface area contributed by atoms with Gasteiger partial charge in [-0.2, -0.15) is 0 Å². The van der Waals surface area contributed by atoms with E-state index < -0.39 is 0 Å². The highest BCUT2D eigenvalue weighted by Crippen LogP contribution is 2.44. The van der Waals surface area contributed by atoms with E-state index in [-0.39, 0.29) is 24.3 Å². The molecule has 0 saturated carbocycles. The second-order valence-corrected chi connectivity index (χ2v) is 9.45. The number of carbonyl (C=O) groups excluding carboxylic acids is 3. The Morgan fingerprint density at radius 2 is 1.81 bits per heavy atom. The first-order valence-corrected chi connectivity index (χ1v) is 11.6. The number of rotatable bonds is 5. The van der Waals surface area contributed by atoms with Crippen molar-refractivity contribution in [3.8, 4) is 0 Å². The molecule has 3 amide bonds. The van der Waals surface area contributed by atoms with Crippen LogP contribution in [0, 0.1) is 13.8 Å². The summed E-state index contributed by atoms with van der Waals surface area (Å²) in [5.41, 5.74) is 4.27. The van der Waals surface area contributed by atoms with Crippen LogP contribution >= 0.6 is 24.0 Å². The number of anilines is 2. The van der Waals surface area contributed by atoms with Crippen LogP contribution in [0.4, 0.5) is 11.4 Å². The molecule has 6 nitrogen and oxygen atoms in total. The van der Waals surface area contributed by atoms with Crippen molar-refractivity contribution < 1.29 is 14.4 Å². The zero-order chi connectivity index (χ0) is 23.0. The number of hydrogen-bond acceptors (Lipinski definition) is 5. The van der Waals surface area contributed by atoms with Gasteiger partial charge in [0, 0.05) is 17.8 Å². The topological polar surface area (TPSA) is 69.7 Å². The van der Waals surface area contributed by atoms with Crippen molar-refractivity contribution in [1.29, 1.82) is 0 Å². The van der Waals surface area contributed by atoms with Gasteiger partial charge in [-0.15, -0.1) is 0 Å². The molecule has 0 atom stereocenters. The average molecular weight is 466 g/mol. The van der Waals surface area contributed by atoms with Gasteiger partial charge >= 0.3 is 0 Å². The van der Waals surface area contributed by atoms with Gasteiger partial charge in [-0.3, -0.25) is 24.2 Å². The van der Waals surface area contributed by atoms with Gasteiger partial charge in [-0.25, -0.2) is 0 Å². The van der Waals surface area contributed by atoms with E-state index in [4.69, 9.17) is 12.2 Å². The first kappa shape index (κ1) is 22.2. The van der Waals surface area contributed by atoms with Crippen LogP contribution in [0.1, 0.15) is 30.0 Å². The second kappa shape index (κ2) is 8.88. The number of para-hydroxylation sites is 1. The molecule has 2 heterocycles. The summed E-state index contributed by atoms with van der Waals surface area (Å²) in [5, 5.41) is 2.90. The fourth-order valence-corrected chi connectivity index (χ4v) is 5.21. The van der Waals surface area contributed by atoms with Crippen molar-refractivity contribution in [3.05, 3.63) is 64.1 Å². The smallest absolute Gasteiger partial charge is 0.267 e. The van der Waals surface area contributed by atoms with Crippen molar-refractivity contribution >= 4 is 63.0 Å². The van der Waals surface area contributed by atoms with E-state index in [0.717, 1.165) is 35.0 Å². The van der Waals surface area contributed by atoms with Gasteiger partial charge < -0.3 is 5.32 Å². The molecule has 0 aliphatic carbocycles. The minimum Gasteiger partial charge on any atom is -0.324 e. The minimum atomic E-state index is -0.362. The van der Waals surface area contributed by atoms with Crippen LogP contribution < -0.4 is 10.2 Å². The fourth-order valence-electron chi connectivity index (χ4n) is 3.83. The lowest BCUT2D eigenvalue weighted by Crippen LogP contribution is -2.35. The first-order valence-electron chi connectivity index (χ1n) is 10.4. The molecule has 0 bridgehead atoms. The van der Waals surface area contributed by atoms with Gasteiger partial charge in [0.1, 0.15) is 10.9 Å². The van der Waals surface area contributed by atoms with Crippen LogP contribution in [0.2, 0.25) is 0 Å². The molecule has 4 rings (SSSR count). The first-order chi connectivity index (χ1) is 15.3. The van der Waals surface area contributed by atoms with Crippen molar-refractivity contribution in [1.82, 2.24) is 4.90 Å². The summed E-state index contributed by atoms with van der Waals surface area (Å²) in [5.74, 6) is -0.914. The third-order valence-corrected chi connectivity index (χ3v) is 6.86. The summed E-state index contributed by atoms with van der Waals surface area (Å²) in [6.45, 7) is 6.21. The van der Waals surface area contributed by atoms with Gasteiger partial charge in [-0.1, -0.05) is 61.2 Å². The van der Waals surface area contributed by atoms with E-state index in [1.165, 1.54) is 9.80 Å². The molecule has 1 fully saturated rings. The number of thiocarbonyl (C=S) groups is 1. The Labute approximate surface area is 196 Å². The molecule has 2 aliphatic heterocycles. The van der Waals surface area contributed by atoms with E-state index in [2.05, 4.69) is 5.32 Å². The van der Waals surface area contributed by atoms with Crippen LogP contribution in [0.5, 0.6) is 0 Å². The second-order valence-electron chi connectivity index (χ2n) is 7.80. The third kappa shape index (κ3) is 3.96. The maximum Gasteiger partial charge on any atom is 0.267 e. The van der Waals surface area contributed by atoms with Crippen molar-refractivity contribution in [2.75, 3.05) is 23.3 Å². The molecule has 0 unspecified atom stereocenters. The number of fused-ring (bicyclic) bond motifs is 1. The van der Waals surface area contributed by atoms with Gasteiger partial charge in [-0.05, 0) is 43.5 Å². The highest BCUT2D eigenvalue weighted by molar-refractivity contribution is 8.26. The van der Waals surface area contributed by atoms with Crippen LogP contribution in [0.15, 0.2) is 47.4 Å². The minimum absolute atomic E-state index is 0.151. The summed E-state index contributed by atoms with van der Waals surface area (Å²) >= 11 is 6.53. The standard InChI is InChI=1S/C24H23N3O3S2/c1-4-11-26-23(30)21(32-24(26)31)20-16-7-5-6-8-18(16)27(22(20)29)13-19(28)25-17-12-14(2)9-10-15(17)3/h5-10,12H,4,11,13H2,1-3H3,(H,25,28)/b21-20-. The van der Waals surface area contributed by atoms with E-state index >= 15 is 0 Å². The number of benzene rings is 2. The maximum atomic E-state index is 13.4. The molecule has 2 aromatic rings. The number of amides is 3. The molecule has 0 radical (unpaired) electrons. The zero-order valence-electron chi connectivity index (χ0n) is 18.1. The average Bonchev–Trinajstić information content (AvgIpc) is 3.19. The molecule has 8 heteroatoms. The zero-order valence-corrected chi connectivity index (χ0v) is 19.7. The molecule has 32 heavy (non-hydrogen) atoms. The van der Waals surface area contributed by atoms with E-state index in [9.17, 15) is 14.4 Å². The highest BCUT2D eigenvalue weighted by Gasteiger charge is 2.42. The third-order valence-electron chi connectivity index (χ3n) is 5.42. The quantitative estimate of drug-likeness (QED) is 0.528. The molecular formula is C24H23N3O3S2. The number of nitrogens with one attached hydrogen (secondary N) is 1. The SMILES string of the molecule is CCCN1C(=O)/C(=C2/C(=O)N(CC(=O)Nc3cc(C)ccc3C)c3ccccc32)SC1=S. The molecule has 2 aromatic carbocycles. The molecule has 1 saturated heterocycles. The Morgan fingerprint density at radius 1 is 1.06 bits per heavy atom. The Morgan fingerprint density at radius 3 is 2.56 bits per heavy atom. The fraction of sp³-hybridized carbons (Fsp3) is 0.250. The van der Waals surface area contributed by atoms with Crippen LogP contribution in [-0.2, 0) is 14.4 Å². The van der Waals surface area contributed by atoms with Crippen molar-refractivity contribution in [2.24, 2.45) is 0 Å². The number of aryl methyl sites for hydroxylation is 2. The van der Waals surface area contributed by atoms with E-state index in [1.54, 1.807) is 12.1 Å². The normalized spacial score (nSPS) is 17.9. The maximum absolute atomic E-state index is 13.4. The van der Waals surface area contributed by atoms with Gasteiger partial charge in [0.25, 0.3) is 11.8 Å². The Bertz CT molecular complexity index is 1190. The number of thioether (sulfide) groups is 1. The number of hydrogen-bond donors (Lipinski definition) is 1. The Balaban J connectivity index is 1.65. The van der Waals surface area contributed by atoms with Crippen LogP contribution in [-0.4, -0.2) is 40.0 Å². The monoisotopic (exact) mass is 465 g/mol. The molecule has 0 spiro atoms. The van der Waals surface area contributed by atoms with Crippen LogP contribution in [0.25, 0.3) is 5.57 Å². The van der Waals surface area contributed by atoms with Gasteiger partial charge in [0.2, 0.25) is 5.91 Å². The number of nitrogens with zero attached hydrogens (tertiary/aromatic N) is 2. The molecule has 0 aromatic heterocycles. The largest absolute Gasteiger partial charge is 0.324 e. The summed E-state index contributed by atoms with van der Waals surface area (Å²) in [6, 6.07) is 13.0. The summed E-state index contributed by atoms with van der Waals surface area (Å²) in [4.78, 5) is 42.6. The summed E-state index contributed by atoms with van der Waals surface area (Å²) in [7, 11) is 0. The predicted molar refractivity (Wildman–Crippen MR) is 132 cm³/mol. The summed E-state index contributed by atoms with van der Waals surface area (Å²) in [6.07, 6.45) is 0.768. The summed E-state index contributed by atoms with van der Waals surface area (Å²) < 4.78 is 0.454. The van der Waals surface area contributed by atoms with E-state index in [1.807, 2.05) is 51.1 Å². The van der Waals surface area contributed by atoms with Gasteiger partial charge in [0.05, 0.1) is 16.2 Å². The lowest BCUT2D eigenvalue weighted by molar-refractivity contribution is -0.122. The van der Waals surface area contributed by atoms with Crippen molar-refractivity contribution in [3.63, 3.8) is 0 Å². The molecule has 164 valence electrons. The van der Waals surface area contributed by atoms with Crippen LogP contribution in [0.3, 0.4) is 0 Å². The van der Waals surface area contributed by atoms with Crippen molar-refractivity contribution in [2.45, 2.75) is 27.2 Å².